The van der Waals surface area contributed by atoms with Crippen LogP contribution >= 0.6 is 11.6 Å². The number of halogens is 1. The van der Waals surface area contributed by atoms with Gasteiger partial charge in [0.2, 0.25) is 0 Å². The Balaban J connectivity index is 2.52. The Labute approximate surface area is 111 Å². The van der Waals surface area contributed by atoms with Gasteiger partial charge in [-0.3, -0.25) is 15.5 Å². The molecule has 0 saturated carbocycles. The molecule has 2 aromatic rings. The minimum atomic E-state index is -0.203. The number of aryl methyl sites for hydroxylation is 3. The van der Waals surface area contributed by atoms with Crippen LogP contribution in [0.1, 0.15) is 28.7 Å². The van der Waals surface area contributed by atoms with Crippen molar-refractivity contribution >= 4 is 11.6 Å². The summed E-state index contributed by atoms with van der Waals surface area (Å²) < 4.78 is 1.72. The topological polar surface area (TPSA) is 68.8 Å². The first-order valence-corrected chi connectivity index (χ1v) is 5.99. The second-order valence-electron chi connectivity index (χ2n) is 4.28. The van der Waals surface area contributed by atoms with E-state index in [4.69, 9.17) is 17.4 Å². The van der Waals surface area contributed by atoms with Crippen molar-refractivity contribution in [2.75, 3.05) is 0 Å². The van der Waals surface area contributed by atoms with E-state index in [-0.39, 0.29) is 6.04 Å². The summed E-state index contributed by atoms with van der Waals surface area (Å²) in [7, 11) is 1.84. The Morgan fingerprint density at radius 3 is 2.39 bits per heavy atom. The second-order valence-corrected chi connectivity index (χ2v) is 4.69. The Bertz CT molecular complexity index is 524. The molecule has 0 radical (unpaired) electrons. The van der Waals surface area contributed by atoms with Gasteiger partial charge >= 0.3 is 0 Å². The summed E-state index contributed by atoms with van der Waals surface area (Å²) in [6.45, 7) is 3.91. The van der Waals surface area contributed by atoms with E-state index in [1.807, 2.05) is 33.0 Å². The molecule has 2 heterocycles. The van der Waals surface area contributed by atoms with Crippen LogP contribution in [0.25, 0.3) is 0 Å². The molecular formula is C12H16ClN5. The van der Waals surface area contributed by atoms with Gasteiger partial charge in [-0.25, -0.2) is 5.43 Å². The van der Waals surface area contributed by atoms with Gasteiger partial charge in [-0.2, -0.15) is 5.10 Å². The molecule has 3 N–H and O–H groups in total. The van der Waals surface area contributed by atoms with Crippen LogP contribution in [0, 0.1) is 13.8 Å². The monoisotopic (exact) mass is 265 g/mol. The van der Waals surface area contributed by atoms with Crippen molar-refractivity contribution in [3.63, 3.8) is 0 Å². The van der Waals surface area contributed by atoms with Crippen LogP contribution in [0.3, 0.4) is 0 Å². The van der Waals surface area contributed by atoms with Crippen LogP contribution in [0.5, 0.6) is 0 Å². The number of nitrogens with one attached hydrogen (secondary N) is 1. The number of hydrogen-bond donors (Lipinski definition) is 2. The predicted octanol–water partition coefficient (Wildman–Crippen LogP) is 1.64. The highest BCUT2D eigenvalue weighted by Gasteiger charge is 2.20. The number of nitrogens with zero attached hydrogens (tertiary/aromatic N) is 3. The smallest absolute Gasteiger partial charge is 0.0894 e. The number of hydrazine groups is 1. The first-order valence-electron chi connectivity index (χ1n) is 5.61. The van der Waals surface area contributed by atoms with E-state index in [1.165, 1.54) is 0 Å². The predicted molar refractivity (Wildman–Crippen MR) is 71.1 cm³/mol. The number of pyridine rings is 1. The Morgan fingerprint density at radius 2 is 1.94 bits per heavy atom. The highest BCUT2D eigenvalue weighted by molar-refractivity contribution is 6.31. The van der Waals surface area contributed by atoms with Gasteiger partial charge in [-0.1, -0.05) is 11.6 Å². The van der Waals surface area contributed by atoms with Gasteiger partial charge in [0.25, 0.3) is 0 Å². The molecular weight excluding hydrogens is 250 g/mol. The van der Waals surface area contributed by atoms with Crippen LogP contribution in [0.15, 0.2) is 18.3 Å². The van der Waals surface area contributed by atoms with Crippen molar-refractivity contribution in [3.8, 4) is 0 Å². The highest BCUT2D eigenvalue weighted by Crippen LogP contribution is 2.27. The number of nitrogens with two attached hydrogens (primary N) is 1. The molecule has 1 atom stereocenters. The molecule has 2 aromatic heterocycles. The lowest BCUT2D eigenvalue weighted by atomic mass is 10.0. The van der Waals surface area contributed by atoms with Crippen molar-refractivity contribution in [2.45, 2.75) is 19.9 Å². The number of hydrogen-bond acceptors (Lipinski definition) is 4. The minimum Gasteiger partial charge on any atom is -0.271 e. The van der Waals surface area contributed by atoms with Gasteiger partial charge in [0.05, 0.1) is 23.0 Å². The zero-order valence-corrected chi connectivity index (χ0v) is 11.4. The summed E-state index contributed by atoms with van der Waals surface area (Å²) in [5.41, 5.74) is 6.54. The molecule has 2 rings (SSSR count). The van der Waals surface area contributed by atoms with E-state index in [0.29, 0.717) is 5.02 Å². The highest BCUT2D eigenvalue weighted by atomic mass is 35.5. The maximum absolute atomic E-state index is 6.15. The molecule has 0 saturated heterocycles. The fourth-order valence-corrected chi connectivity index (χ4v) is 2.39. The van der Waals surface area contributed by atoms with Gasteiger partial charge in [0.15, 0.2) is 0 Å². The molecule has 6 heteroatoms. The van der Waals surface area contributed by atoms with Gasteiger partial charge < -0.3 is 0 Å². The zero-order valence-electron chi connectivity index (χ0n) is 10.6. The van der Waals surface area contributed by atoms with Crippen LogP contribution in [-0.2, 0) is 7.05 Å². The molecule has 5 nitrogen and oxygen atoms in total. The third-order valence-electron chi connectivity index (χ3n) is 2.81. The Morgan fingerprint density at radius 1 is 1.33 bits per heavy atom. The molecule has 1 unspecified atom stereocenters. The fraction of sp³-hybridized carbons (Fsp3) is 0.333. The lowest BCUT2D eigenvalue weighted by molar-refractivity contribution is 0.574. The average molecular weight is 266 g/mol. The summed E-state index contributed by atoms with van der Waals surface area (Å²) >= 11 is 6.15. The van der Waals surface area contributed by atoms with Crippen molar-refractivity contribution in [1.29, 1.82) is 0 Å². The number of rotatable bonds is 3. The lowest BCUT2D eigenvalue weighted by Crippen LogP contribution is -2.30. The quantitative estimate of drug-likeness (QED) is 0.654. The van der Waals surface area contributed by atoms with Gasteiger partial charge in [-0.05, 0) is 31.5 Å². The van der Waals surface area contributed by atoms with E-state index in [9.17, 15) is 0 Å². The van der Waals surface area contributed by atoms with Crippen molar-refractivity contribution in [2.24, 2.45) is 12.9 Å². The summed E-state index contributed by atoms with van der Waals surface area (Å²) in [6.07, 6.45) is 1.61. The van der Waals surface area contributed by atoms with Gasteiger partial charge in [0.1, 0.15) is 0 Å². The lowest BCUT2D eigenvalue weighted by Gasteiger charge is -2.18. The first kappa shape index (κ1) is 13.0. The largest absolute Gasteiger partial charge is 0.271 e. The second kappa shape index (κ2) is 5.06. The van der Waals surface area contributed by atoms with Gasteiger partial charge in [-0.15, -0.1) is 0 Å². The number of aromatic nitrogens is 3. The maximum Gasteiger partial charge on any atom is 0.0894 e. The first-order chi connectivity index (χ1) is 8.52. The summed E-state index contributed by atoms with van der Waals surface area (Å²) in [5.74, 6) is 5.66. The van der Waals surface area contributed by atoms with E-state index < -0.39 is 0 Å². The molecule has 0 aliphatic carbocycles. The molecule has 96 valence electrons. The van der Waals surface area contributed by atoms with E-state index >= 15 is 0 Å². The molecule has 0 aliphatic heterocycles. The van der Waals surface area contributed by atoms with Crippen molar-refractivity contribution in [1.82, 2.24) is 20.2 Å². The van der Waals surface area contributed by atoms with Crippen LogP contribution < -0.4 is 11.3 Å². The molecule has 0 amide bonds. The summed E-state index contributed by atoms with van der Waals surface area (Å²) in [6, 6.07) is 3.77. The van der Waals surface area contributed by atoms with Crippen molar-refractivity contribution in [3.05, 3.63) is 46.0 Å². The third kappa shape index (κ3) is 2.38. The fourth-order valence-electron chi connectivity index (χ4n) is 2.11. The molecule has 0 spiro atoms. The van der Waals surface area contributed by atoms with Crippen LogP contribution in [0.2, 0.25) is 5.02 Å². The maximum atomic E-state index is 6.15. The normalized spacial score (nSPS) is 12.7. The molecule has 0 aromatic carbocycles. The summed E-state index contributed by atoms with van der Waals surface area (Å²) in [5, 5.41) is 4.72. The molecule has 0 bridgehead atoms. The molecule has 18 heavy (non-hydrogen) atoms. The summed E-state index contributed by atoms with van der Waals surface area (Å²) in [4.78, 5) is 4.35. The van der Waals surface area contributed by atoms with Gasteiger partial charge in [0, 0.05) is 18.4 Å². The van der Waals surface area contributed by atoms with Crippen LogP contribution in [-0.4, -0.2) is 14.8 Å². The third-order valence-corrected chi connectivity index (χ3v) is 3.11. The van der Waals surface area contributed by atoms with E-state index in [1.54, 1.807) is 10.9 Å². The molecule has 0 fully saturated rings. The van der Waals surface area contributed by atoms with E-state index in [2.05, 4.69) is 15.5 Å². The van der Waals surface area contributed by atoms with E-state index in [0.717, 1.165) is 22.6 Å². The average Bonchev–Trinajstić information content (AvgIpc) is 2.61. The standard InChI is InChI=1S/C12H16ClN5/c1-7-4-9(5-8(2)16-7)11(17-14)12-10(13)6-15-18(12)3/h4-6,11,17H,14H2,1-3H3. The minimum absolute atomic E-state index is 0.203. The van der Waals surface area contributed by atoms with Crippen LogP contribution in [0.4, 0.5) is 0 Å². The Kier molecular flexibility index (Phi) is 3.65. The Hall–Kier alpha value is -1.43. The van der Waals surface area contributed by atoms with Crippen molar-refractivity contribution < 1.29 is 0 Å². The SMILES string of the molecule is Cc1cc(C(NN)c2c(Cl)cnn2C)cc(C)n1. The zero-order chi connectivity index (χ0) is 13.3. The molecule has 0 aliphatic rings.